The van der Waals surface area contributed by atoms with Gasteiger partial charge in [-0.05, 0) is 62.3 Å². The van der Waals surface area contributed by atoms with Crippen LogP contribution in [0.3, 0.4) is 0 Å². The zero-order valence-electron chi connectivity index (χ0n) is 14.2. The van der Waals surface area contributed by atoms with Gasteiger partial charge >= 0.3 is 0 Å². The first-order valence-corrected chi connectivity index (χ1v) is 10.2. The van der Waals surface area contributed by atoms with Crippen molar-refractivity contribution in [2.75, 3.05) is 23.7 Å². The van der Waals surface area contributed by atoms with E-state index in [-0.39, 0.29) is 11.4 Å². The summed E-state index contributed by atoms with van der Waals surface area (Å²) < 4.78 is 25.2. The standard InChI is InChI=1S/C17H25N3O3S/c1-17(11-18,14-6-7-14)19-16(21)13-5-8-15-12(10-13)4-3-9-20(15)24(2,22)23/h5,8,10,14H,3-4,6-7,9,11,18H2,1-2H3,(H,19,21). The van der Waals surface area contributed by atoms with Crippen LogP contribution in [0.5, 0.6) is 0 Å². The summed E-state index contributed by atoms with van der Waals surface area (Å²) in [6, 6.07) is 5.24. The van der Waals surface area contributed by atoms with E-state index in [1.54, 1.807) is 12.1 Å². The number of amides is 1. The van der Waals surface area contributed by atoms with E-state index in [1.165, 1.54) is 10.6 Å². The Morgan fingerprint density at radius 3 is 2.71 bits per heavy atom. The van der Waals surface area contributed by atoms with Crippen LogP contribution in [0.15, 0.2) is 18.2 Å². The van der Waals surface area contributed by atoms with E-state index in [1.807, 2.05) is 13.0 Å². The molecule has 3 rings (SSSR count). The van der Waals surface area contributed by atoms with Gasteiger partial charge in [0, 0.05) is 18.7 Å². The number of hydrogen-bond donors (Lipinski definition) is 2. The number of hydrogen-bond acceptors (Lipinski definition) is 4. The van der Waals surface area contributed by atoms with Crippen molar-refractivity contribution in [1.82, 2.24) is 5.32 Å². The van der Waals surface area contributed by atoms with Crippen molar-refractivity contribution in [3.05, 3.63) is 29.3 Å². The van der Waals surface area contributed by atoms with Gasteiger partial charge in [-0.25, -0.2) is 8.42 Å². The smallest absolute Gasteiger partial charge is 0.251 e. The van der Waals surface area contributed by atoms with Gasteiger partial charge in [-0.3, -0.25) is 9.10 Å². The molecule has 1 atom stereocenters. The molecule has 1 saturated carbocycles. The molecule has 0 bridgehead atoms. The molecule has 132 valence electrons. The second kappa shape index (κ2) is 6.04. The van der Waals surface area contributed by atoms with Crippen molar-refractivity contribution in [2.45, 2.75) is 38.1 Å². The normalized spacial score (nSPS) is 20.2. The molecule has 0 aromatic heterocycles. The van der Waals surface area contributed by atoms with Crippen LogP contribution in [-0.4, -0.2) is 39.2 Å². The average Bonchev–Trinajstić information content (AvgIpc) is 3.38. The molecule has 0 radical (unpaired) electrons. The zero-order chi connectivity index (χ0) is 17.5. The molecule has 0 spiro atoms. The zero-order valence-corrected chi connectivity index (χ0v) is 15.0. The third-order valence-electron chi connectivity index (χ3n) is 5.12. The summed E-state index contributed by atoms with van der Waals surface area (Å²) in [5, 5.41) is 3.07. The highest BCUT2D eigenvalue weighted by molar-refractivity contribution is 7.92. The molecule has 3 N–H and O–H groups in total. The van der Waals surface area contributed by atoms with Crippen LogP contribution in [0.1, 0.15) is 42.1 Å². The van der Waals surface area contributed by atoms with Gasteiger partial charge in [-0.15, -0.1) is 0 Å². The lowest BCUT2D eigenvalue weighted by Crippen LogP contribution is -2.53. The summed E-state index contributed by atoms with van der Waals surface area (Å²) in [7, 11) is -3.29. The van der Waals surface area contributed by atoms with Gasteiger partial charge in [0.15, 0.2) is 0 Å². The Balaban J connectivity index is 1.84. The summed E-state index contributed by atoms with van der Waals surface area (Å²) in [5.74, 6) is 0.305. The van der Waals surface area contributed by atoms with Crippen LogP contribution < -0.4 is 15.4 Å². The van der Waals surface area contributed by atoms with Crippen molar-refractivity contribution in [3.8, 4) is 0 Å². The maximum Gasteiger partial charge on any atom is 0.251 e. The fourth-order valence-corrected chi connectivity index (χ4v) is 4.42. The first-order valence-electron chi connectivity index (χ1n) is 8.38. The van der Waals surface area contributed by atoms with Crippen LogP contribution in [0, 0.1) is 5.92 Å². The van der Waals surface area contributed by atoms with Crippen molar-refractivity contribution in [1.29, 1.82) is 0 Å². The number of aryl methyl sites for hydroxylation is 1. The van der Waals surface area contributed by atoms with E-state index in [2.05, 4.69) is 5.32 Å². The molecule has 1 heterocycles. The molecule has 6 nitrogen and oxygen atoms in total. The Labute approximate surface area is 143 Å². The quantitative estimate of drug-likeness (QED) is 0.835. The molecule has 7 heteroatoms. The lowest BCUT2D eigenvalue weighted by molar-refractivity contribution is 0.0897. The number of sulfonamides is 1. The molecule has 1 aliphatic carbocycles. The van der Waals surface area contributed by atoms with Gasteiger partial charge in [0.1, 0.15) is 0 Å². The van der Waals surface area contributed by atoms with E-state index in [0.29, 0.717) is 30.3 Å². The Hall–Kier alpha value is -1.60. The number of benzene rings is 1. The third-order valence-corrected chi connectivity index (χ3v) is 6.30. The SMILES string of the molecule is CC(CN)(NC(=O)c1ccc2c(c1)CCCN2S(C)(=O)=O)C1CC1. The minimum absolute atomic E-state index is 0.144. The Morgan fingerprint density at radius 2 is 2.12 bits per heavy atom. The second-order valence-corrected chi connectivity index (χ2v) is 9.04. The maximum atomic E-state index is 12.6. The number of carbonyl (C=O) groups excluding carboxylic acids is 1. The number of carbonyl (C=O) groups is 1. The number of fused-ring (bicyclic) bond motifs is 1. The molecule has 1 aliphatic heterocycles. The second-order valence-electron chi connectivity index (χ2n) is 7.13. The fraction of sp³-hybridized carbons (Fsp3) is 0.588. The Bertz CT molecular complexity index is 758. The third kappa shape index (κ3) is 3.28. The largest absolute Gasteiger partial charge is 0.345 e. The lowest BCUT2D eigenvalue weighted by Gasteiger charge is -2.31. The topological polar surface area (TPSA) is 92.5 Å². The first kappa shape index (κ1) is 17.2. The van der Waals surface area contributed by atoms with Gasteiger partial charge in [-0.1, -0.05) is 0 Å². The van der Waals surface area contributed by atoms with Gasteiger partial charge in [0.25, 0.3) is 5.91 Å². The number of nitrogens with two attached hydrogens (primary N) is 1. The Morgan fingerprint density at radius 1 is 1.42 bits per heavy atom. The highest BCUT2D eigenvalue weighted by atomic mass is 32.2. The van der Waals surface area contributed by atoms with Gasteiger partial charge in [-0.2, -0.15) is 0 Å². The van der Waals surface area contributed by atoms with Crippen molar-refractivity contribution >= 4 is 21.6 Å². The molecule has 1 fully saturated rings. The molecule has 1 unspecified atom stereocenters. The van der Waals surface area contributed by atoms with Crippen LogP contribution in [0.2, 0.25) is 0 Å². The highest BCUT2D eigenvalue weighted by Crippen LogP contribution is 2.39. The molecule has 2 aliphatic rings. The van der Waals surface area contributed by atoms with Crippen LogP contribution in [-0.2, 0) is 16.4 Å². The van der Waals surface area contributed by atoms with E-state index in [9.17, 15) is 13.2 Å². The van der Waals surface area contributed by atoms with Crippen molar-refractivity contribution < 1.29 is 13.2 Å². The molecular formula is C17H25N3O3S. The molecule has 1 aromatic carbocycles. The predicted molar refractivity (Wildman–Crippen MR) is 94.6 cm³/mol. The number of rotatable bonds is 5. The van der Waals surface area contributed by atoms with E-state index >= 15 is 0 Å². The molecule has 1 aromatic rings. The lowest BCUT2D eigenvalue weighted by atomic mass is 9.94. The van der Waals surface area contributed by atoms with Crippen LogP contribution >= 0.6 is 0 Å². The molecular weight excluding hydrogens is 326 g/mol. The van der Waals surface area contributed by atoms with Gasteiger partial charge in [0.2, 0.25) is 10.0 Å². The highest BCUT2D eigenvalue weighted by Gasteiger charge is 2.41. The van der Waals surface area contributed by atoms with Crippen LogP contribution in [0.4, 0.5) is 5.69 Å². The summed E-state index contributed by atoms with van der Waals surface area (Å²) >= 11 is 0. The van der Waals surface area contributed by atoms with Gasteiger partial charge < -0.3 is 11.1 Å². The van der Waals surface area contributed by atoms with Gasteiger partial charge in [0.05, 0.1) is 17.5 Å². The average molecular weight is 351 g/mol. The van der Waals surface area contributed by atoms with E-state index < -0.39 is 10.0 Å². The molecule has 24 heavy (non-hydrogen) atoms. The fourth-order valence-electron chi connectivity index (χ4n) is 3.42. The number of nitrogens with zero attached hydrogens (tertiary/aromatic N) is 1. The van der Waals surface area contributed by atoms with Crippen molar-refractivity contribution in [2.24, 2.45) is 11.7 Å². The van der Waals surface area contributed by atoms with Crippen LogP contribution in [0.25, 0.3) is 0 Å². The van der Waals surface area contributed by atoms with Crippen molar-refractivity contribution in [3.63, 3.8) is 0 Å². The first-order chi connectivity index (χ1) is 11.2. The van der Waals surface area contributed by atoms with E-state index in [4.69, 9.17) is 5.73 Å². The summed E-state index contributed by atoms with van der Waals surface area (Å²) in [4.78, 5) is 12.6. The monoisotopic (exact) mass is 351 g/mol. The minimum Gasteiger partial charge on any atom is -0.345 e. The molecule has 1 amide bonds. The summed E-state index contributed by atoms with van der Waals surface area (Å²) in [6.07, 6.45) is 4.95. The molecule has 0 saturated heterocycles. The minimum atomic E-state index is -3.29. The van der Waals surface area contributed by atoms with E-state index in [0.717, 1.165) is 31.2 Å². The number of nitrogens with one attached hydrogen (secondary N) is 1. The Kier molecular flexibility index (Phi) is 4.34. The summed E-state index contributed by atoms with van der Waals surface area (Å²) in [5.41, 5.74) is 7.64. The number of anilines is 1. The maximum absolute atomic E-state index is 12.6. The predicted octanol–water partition coefficient (Wildman–Crippen LogP) is 1.26. The summed E-state index contributed by atoms with van der Waals surface area (Å²) in [6.45, 7) is 2.90.